The summed E-state index contributed by atoms with van der Waals surface area (Å²) < 4.78 is 0. The topological polar surface area (TPSA) is 52.6 Å². The van der Waals surface area contributed by atoms with Gasteiger partial charge in [-0.3, -0.25) is 9.69 Å². The summed E-state index contributed by atoms with van der Waals surface area (Å²) in [6.07, 6.45) is 0. The molecule has 1 fully saturated rings. The number of rotatable bonds is 3. The first kappa shape index (κ1) is 13.3. The van der Waals surface area contributed by atoms with Crippen molar-refractivity contribution in [2.45, 2.75) is 19.4 Å². The van der Waals surface area contributed by atoms with Gasteiger partial charge in [-0.25, -0.2) is 0 Å². The Morgan fingerprint density at radius 3 is 2.83 bits per heavy atom. The van der Waals surface area contributed by atoms with E-state index in [0.717, 1.165) is 11.3 Å². The molecule has 1 aliphatic rings. The Labute approximate surface area is 112 Å². The Morgan fingerprint density at radius 1 is 1.56 bits per heavy atom. The van der Waals surface area contributed by atoms with Crippen molar-refractivity contribution in [1.29, 1.82) is 0 Å². The molecule has 1 amide bonds. The molecule has 0 radical (unpaired) electrons. The number of nitrogens with zero attached hydrogens (tertiary/aromatic N) is 1. The van der Waals surface area contributed by atoms with Crippen LogP contribution in [0, 0.1) is 6.92 Å². The van der Waals surface area contributed by atoms with E-state index >= 15 is 0 Å². The van der Waals surface area contributed by atoms with E-state index in [1.807, 2.05) is 17.9 Å². The average molecular weight is 269 g/mol. The van der Waals surface area contributed by atoms with Crippen LogP contribution in [0.2, 0.25) is 5.02 Å². The highest BCUT2D eigenvalue weighted by atomic mass is 35.5. The molecule has 98 valence electrons. The number of carbonyl (C=O) groups is 1. The number of hydrogen-bond donors (Lipinski definition) is 2. The van der Waals surface area contributed by atoms with Gasteiger partial charge in [-0.05, 0) is 31.5 Å². The van der Waals surface area contributed by atoms with E-state index in [-0.39, 0.29) is 5.91 Å². The molecule has 0 bridgehead atoms. The van der Waals surface area contributed by atoms with Crippen LogP contribution in [0.15, 0.2) is 18.2 Å². The zero-order valence-corrected chi connectivity index (χ0v) is 11.3. The van der Waals surface area contributed by atoms with Gasteiger partial charge in [0, 0.05) is 23.8 Å². The molecule has 2 N–H and O–H groups in total. The molecule has 4 nitrogen and oxygen atoms in total. The van der Waals surface area contributed by atoms with Crippen molar-refractivity contribution in [3.8, 4) is 0 Å². The van der Waals surface area contributed by atoms with Crippen LogP contribution in [0.5, 0.6) is 0 Å². The smallest absolute Gasteiger partial charge is 0.238 e. The zero-order valence-electron chi connectivity index (χ0n) is 10.5. The van der Waals surface area contributed by atoms with E-state index in [1.54, 1.807) is 19.1 Å². The maximum Gasteiger partial charge on any atom is 0.238 e. The summed E-state index contributed by atoms with van der Waals surface area (Å²) in [5, 5.41) is 13.0. The van der Waals surface area contributed by atoms with Crippen LogP contribution in [0.1, 0.15) is 12.5 Å². The first-order valence-electron chi connectivity index (χ1n) is 5.87. The SMILES string of the molecule is Cc1c(Cl)cccc1NC(=O)CN1CC(C)(O)C1. The Morgan fingerprint density at radius 2 is 2.22 bits per heavy atom. The van der Waals surface area contributed by atoms with Gasteiger partial charge in [-0.15, -0.1) is 0 Å². The number of anilines is 1. The number of amides is 1. The predicted molar refractivity (Wildman–Crippen MR) is 71.9 cm³/mol. The van der Waals surface area contributed by atoms with Crippen LogP contribution in [-0.2, 0) is 4.79 Å². The Bertz CT molecular complexity index is 466. The lowest BCUT2D eigenvalue weighted by atomic mass is 9.97. The number of benzene rings is 1. The van der Waals surface area contributed by atoms with Crippen LogP contribution < -0.4 is 5.32 Å². The van der Waals surface area contributed by atoms with Crippen LogP contribution in [0.4, 0.5) is 5.69 Å². The first-order chi connectivity index (χ1) is 8.37. The van der Waals surface area contributed by atoms with Crippen molar-refractivity contribution in [2.24, 2.45) is 0 Å². The molecule has 1 aromatic carbocycles. The number of aliphatic hydroxyl groups is 1. The molecular weight excluding hydrogens is 252 g/mol. The standard InChI is InChI=1S/C13H17ClN2O2/c1-9-10(14)4-3-5-11(9)15-12(17)6-16-7-13(2,18)8-16/h3-5,18H,6-8H2,1-2H3,(H,15,17). The van der Waals surface area contributed by atoms with Gasteiger partial charge < -0.3 is 10.4 Å². The van der Waals surface area contributed by atoms with Crippen molar-refractivity contribution in [1.82, 2.24) is 4.90 Å². The molecule has 0 aliphatic carbocycles. The number of β-amino-alcohol motifs (C(OH)–C–C–N with tert-alkyl or cyclic N) is 1. The fourth-order valence-corrected chi connectivity index (χ4v) is 2.34. The number of halogens is 1. The van der Waals surface area contributed by atoms with E-state index < -0.39 is 5.60 Å². The van der Waals surface area contributed by atoms with E-state index in [2.05, 4.69) is 5.32 Å². The van der Waals surface area contributed by atoms with Crippen molar-refractivity contribution in [3.05, 3.63) is 28.8 Å². The number of nitrogens with one attached hydrogen (secondary N) is 1. The van der Waals surface area contributed by atoms with Gasteiger partial charge in [0.25, 0.3) is 0 Å². The van der Waals surface area contributed by atoms with Crippen molar-refractivity contribution in [3.63, 3.8) is 0 Å². The Kier molecular flexibility index (Phi) is 3.61. The maximum atomic E-state index is 11.8. The second-order valence-corrected chi connectivity index (χ2v) is 5.51. The minimum Gasteiger partial charge on any atom is -0.388 e. The highest BCUT2D eigenvalue weighted by Gasteiger charge is 2.37. The molecule has 18 heavy (non-hydrogen) atoms. The summed E-state index contributed by atoms with van der Waals surface area (Å²) in [5.74, 6) is -0.0872. The highest BCUT2D eigenvalue weighted by Crippen LogP contribution is 2.23. The molecule has 0 unspecified atom stereocenters. The maximum absolute atomic E-state index is 11.8. The normalized spacial score (nSPS) is 18.2. The molecule has 0 atom stereocenters. The van der Waals surface area contributed by atoms with Gasteiger partial charge in [0.1, 0.15) is 0 Å². The third-order valence-corrected chi connectivity index (χ3v) is 3.45. The van der Waals surface area contributed by atoms with E-state index in [4.69, 9.17) is 11.6 Å². The fraction of sp³-hybridized carbons (Fsp3) is 0.462. The Balaban J connectivity index is 1.90. The molecule has 1 heterocycles. The molecule has 0 spiro atoms. The molecule has 1 aliphatic heterocycles. The van der Waals surface area contributed by atoms with Gasteiger partial charge in [-0.2, -0.15) is 0 Å². The number of carbonyl (C=O) groups excluding carboxylic acids is 1. The van der Waals surface area contributed by atoms with Gasteiger partial charge >= 0.3 is 0 Å². The summed E-state index contributed by atoms with van der Waals surface area (Å²) in [4.78, 5) is 13.7. The third kappa shape index (κ3) is 3.02. The molecule has 1 aromatic rings. The summed E-state index contributed by atoms with van der Waals surface area (Å²) >= 11 is 5.98. The molecule has 2 rings (SSSR count). The zero-order chi connectivity index (χ0) is 13.3. The fourth-order valence-electron chi connectivity index (χ4n) is 2.16. The van der Waals surface area contributed by atoms with Crippen molar-refractivity contribution >= 4 is 23.2 Å². The van der Waals surface area contributed by atoms with Gasteiger partial charge in [0.2, 0.25) is 5.91 Å². The average Bonchev–Trinajstić information content (AvgIpc) is 2.22. The summed E-state index contributed by atoms with van der Waals surface area (Å²) in [5.41, 5.74) is 0.953. The first-order valence-corrected chi connectivity index (χ1v) is 6.25. The summed E-state index contributed by atoms with van der Waals surface area (Å²) in [6, 6.07) is 5.42. The summed E-state index contributed by atoms with van der Waals surface area (Å²) in [6.45, 7) is 5.00. The van der Waals surface area contributed by atoms with Crippen molar-refractivity contribution < 1.29 is 9.90 Å². The second kappa shape index (κ2) is 4.88. The molecule has 5 heteroatoms. The van der Waals surface area contributed by atoms with Crippen LogP contribution in [-0.4, -0.2) is 41.1 Å². The Hall–Kier alpha value is -1.10. The summed E-state index contributed by atoms with van der Waals surface area (Å²) in [7, 11) is 0. The van der Waals surface area contributed by atoms with E-state index in [1.165, 1.54) is 0 Å². The highest BCUT2D eigenvalue weighted by molar-refractivity contribution is 6.31. The third-order valence-electron chi connectivity index (χ3n) is 3.04. The lowest BCUT2D eigenvalue weighted by Crippen LogP contribution is -2.61. The quantitative estimate of drug-likeness (QED) is 0.877. The molecule has 0 aromatic heterocycles. The van der Waals surface area contributed by atoms with Gasteiger partial charge in [0.05, 0.1) is 12.1 Å². The minimum absolute atomic E-state index is 0.0872. The lowest BCUT2D eigenvalue weighted by Gasteiger charge is -2.43. The van der Waals surface area contributed by atoms with E-state index in [0.29, 0.717) is 24.7 Å². The van der Waals surface area contributed by atoms with Crippen LogP contribution in [0.25, 0.3) is 0 Å². The lowest BCUT2D eigenvalue weighted by molar-refractivity contribution is -0.125. The van der Waals surface area contributed by atoms with Crippen LogP contribution in [0.3, 0.4) is 0 Å². The van der Waals surface area contributed by atoms with Crippen LogP contribution >= 0.6 is 11.6 Å². The van der Waals surface area contributed by atoms with Crippen molar-refractivity contribution in [2.75, 3.05) is 25.0 Å². The molecular formula is C13H17ClN2O2. The number of likely N-dealkylation sites (tertiary alicyclic amines) is 1. The molecule has 0 saturated carbocycles. The predicted octanol–water partition coefficient (Wildman–Crippen LogP) is 1.65. The second-order valence-electron chi connectivity index (χ2n) is 5.10. The van der Waals surface area contributed by atoms with Gasteiger partial charge in [0.15, 0.2) is 0 Å². The van der Waals surface area contributed by atoms with E-state index in [9.17, 15) is 9.90 Å². The molecule has 1 saturated heterocycles. The van der Waals surface area contributed by atoms with Gasteiger partial charge in [-0.1, -0.05) is 17.7 Å². The monoisotopic (exact) mass is 268 g/mol. The largest absolute Gasteiger partial charge is 0.388 e. The number of hydrogen-bond acceptors (Lipinski definition) is 3. The minimum atomic E-state index is -0.647.